The van der Waals surface area contributed by atoms with E-state index in [4.69, 9.17) is 11.3 Å². The van der Waals surface area contributed by atoms with Gasteiger partial charge in [0.15, 0.2) is 0 Å². The summed E-state index contributed by atoms with van der Waals surface area (Å²) in [5.74, 6) is 0.0845. The minimum atomic E-state index is 0.0845. The summed E-state index contributed by atoms with van der Waals surface area (Å²) in [4.78, 5) is 2.64. The van der Waals surface area contributed by atoms with Gasteiger partial charge < -0.3 is 10.8 Å². The van der Waals surface area contributed by atoms with E-state index in [9.17, 15) is 5.11 Å². The van der Waals surface area contributed by atoms with Crippen LogP contribution in [0.1, 0.15) is 12.0 Å². The second-order valence-corrected chi connectivity index (χ2v) is 2.96. The number of rotatable bonds is 4. The van der Waals surface area contributed by atoms with Crippen molar-refractivity contribution in [2.75, 3.05) is 12.3 Å². The molecule has 0 aliphatic heterocycles. The summed E-state index contributed by atoms with van der Waals surface area (Å²) in [6.45, 7) is 0.445. The topological polar surface area (TPSA) is 95.0 Å². The minimum absolute atomic E-state index is 0.0845. The van der Waals surface area contributed by atoms with Crippen LogP contribution in [-0.2, 0) is 0 Å². The molecule has 5 heteroatoms. The van der Waals surface area contributed by atoms with Crippen molar-refractivity contribution in [1.29, 1.82) is 0 Å². The number of nitrogens with zero attached hydrogens (tertiary/aromatic N) is 3. The highest BCUT2D eigenvalue weighted by atomic mass is 16.3. The van der Waals surface area contributed by atoms with Crippen LogP contribution in [0.5, 0.6) is 5.75 Å². The van der Waals surface area contributed by atoms with E-state index >= 15 is 0 Å². The van der Waals surface area contributed by atoms with E-state index in [1.54, 1.807) is 18.2 Å². The van der Waals surface area contributed by atoms with Gasteiger partial charge in [-0.1, -0.05) is 23.3 Å². The van der Waals surface area contributed by atoms with Gasteiger partial charge in [-0.2, -0.15) is 0 Å². The molecular weight excluding hydrogens is 192 g/mol. The predicted octanol–water partition coefficient (Wildman–Crippen LogP) is 2.69. The lowest BCUT2D eigenvalue weighted by Crippen LogP contribution is -1.85. The maximum Gasteiger partial charge on any atom is 0.138 e. The van der Waals surface area contributed by atoms with E-state index < -0.39 is 0 Å². The molecule has 0 spiro atoms. The molecule has 0 amide bonds. The number of nitrogen functional groups attached to an aromatic ring is 1. The van der Waals surface area contributed by atoms with E-state index in [1.165, 1.54) is 0 Å². The molecular formula is C10H12N4O. The Morgan fingerprint density at radius 3 is 3.00 bits per heavy atom. The molecule has 0 unspecified atom stereocenters. The molecule has 0 radical (unpaired) electrons. The van der Waals surface area contributed by atoms with Crippen molar-refractivity contribution in [3.05, 3.63) is 40.3 Å². The summed E-state index contributed by atoms with van der Waals surface area (Å²) in [6, 6.07) is 4.98. The molecule has 3 N–H and O–H groups in total. The Morgan fingerprint density at radius 2 is 2.33 bits per heavy atom. The SMILES string of the molecule is [N-]=[N+]=NCCC=Cc1ccc(O)c(N)c1. The van der Waals surface area contributed by atoms with Crippen LogP contribution in [0.15, 0.2) is 29.4 Å². The Kier molecular flexibility index (Phi) is 4.06. The normalized spacial score (nSPS) is 10.1. The summed E-state index contributed by atoms with van der Waals surface area (Å²) >= 11 is 0. The van der Waals surface area contributed by atoms with Gasteiger partial charge in [-0.05, 0) is 29.6 Å². The van der Waals surface area contributed by atoms with Crippen molar-refractivity contribution < 1.29 is 5.11 Å². The third-order valence-corrected chi connectivity index (χ3v) is 1.82. The van der Waals surface area contributed by atoms with Gasteiger partial charge in [0.1, 0.15) is 5.75 Å². The molecule has 1 aromatic carbocycles. The number of hydrogen-bond donors (Lipinski definition) is 2. The first kappa shape index (κ1) is 10.9. The number of azide groups is 1. The fraction of sp³-hybridized carbons (Fsp3) is 0.200. The first-order chi connectivity index (χ1) is 7.24. The molecule has 15 heavy (non-hydrogen) atoms. The lowest BCUT2D eigenvalue weighted by molar-refractivity contribution is 0.478. The van der Waals surface area contributed by atoms with Crippen LogP contribution in [0, 0.1) is 0 Å². The number of anilines is 1. The third-order valence-electron chi connectivity index (χ3n) is 1.82. The van der Waals surface area contributed by atoms with Crippen molar-refractivity contribution in [1.82, 2.24) is 0 Å². The molecule has 0 fully saturated rings. The smallest absolute Gasteiger partial charge is 0.138 e. The molecule has 1 aromatic rings. The lowest BCUT2D eigenvalue weighted by Gasteiger charge is -1.99. The number of nitrogens with two attached hydrogens (primary N) is 1. The van der Waals surface area contributed by atoms with Crippen LogP contribution in [0.3, 0.4) is 0 Å². The summed E-state index contributed by atoms with van der Waals surface area (Å²) in [5, 5.41) is 12.6. The highest BCUT2D eigenvalue weighted by Crippen LogP contribution is 2.20. The molecule has 0 aromatic heterocycles. The van der Waals surface area contributed by atoms with Gasteiger partial charge in [0.05, 0.1) is 5.69 Å². The Bertz CT molecular complexity index is 408. The number of phenolic OH excluding ortho intramolecular Hbond substituents is 1. The van der Waals surface area contributed by atoms with Gasteiger partial charge in [0, 0.05) is 11.5 Å². The molecule has 0 bridgehead atoms. The third kappa shape index (κ3) is 3.62. The quantitative estimate of drug-likeness (QED) is 0.197. The fourth-order valence-electron chi connectivity index (χ4n) is 1.07. The summed E-state index contributed by atoms with van der Waals surface area (Å²) in [5.41, 5.74) is 14.8. The van der Waals surface area contributed by atoms with E-state index in [0.29, 0.717) is 18.7 Å². The molecule has 0 aliphatic carbocycles. The standard InChI is InChI=1S/C10H12N4O/c11-9-7-8(4-5-10(9)15)3-1-2-6-13-14-12/h1,3-5,7,15H,2,6,11H2. The van der Waals surface area contributed by atoms with Crippen molar-refractivity contribution >= 4 is 11.8 Å². The summed E-state index contributed by atoms with van der Waals surface area (Å²) in [6.07, 6.45) is 4.44. The molecule has 0 atom stereocenters. The van der Waals surface area contributed by atoms with Gasteiger partial charge >= 0.3 is 0 Å². The average Bonchev–Trinajstić information content (AvgIpc) is 2.23. The van der Waals surface area contributed by atoms with Crippen molar-refractivity contribution in [3.63, 3.8) is 0 Å². The van der Waals surface area contributed by atoms with E-state index in [2.05, 4.69) is 10.0 Å². The highest BCUT2D eigenvalue weighted by molar-refractivity contribution is 5.61. The first-order valence-corrected chi connectivity index (χ1v) is 4.50. The summed E-state index contributed by atoms with van der Waals surface area (Å²) < 4.78 is 0. The van der Waals surface area contributed by atoms with Gasteiger partial charge in [-0.25, -0.2) is 0 Å². The van der Waals surface area contributed by atoms with Gasteiger partial charge in [-0.3, -0.25) is 0 Å². The Labute approximate surface area is 87.5 Å². The molecule has 1 rings (SSSR count). The first-order valence-electron chi connectivity index (χ1n) is 4.50. The predicted molar refractivity (Wildman–Crippen MR) is 60.2 cm³/mol. The van der Waals surface area contributed by atoms with Crippen molar-refractivity contribution in [3.8, 4) is 5.75 Å². The van der Waals surface area contributed by atoms with Gasteiger partial charge in [0.2, 0.25) is 0 Å². The number of aromatic hydroxyl groups is 1. The largest absolute Gasteiger partial charge is 0.506 e. The van der Waals surface area contributed by atoms with Crippen LogP contribution in [0.25, 0.3) is 16.5 Å². The Morgan fingerprint density at radius 1 is 1.53 bits per heavy atom. The van der Waals surface area contributed by atoms with Crippen molar-refractivity contribution in [2.45, 2.75) is 6.42 Å². The number of phenols is 1. The lowest BCUT2D eigenvalue weighted by atomic mass is 10.1. The second-order valence-electron chi connectivity index (χ2n) is 2.96. The average molecular weight is 204 g/mol. The highest BCUT2D eigenvalue weighted by Gasteiger charge is 1.95. The zero-order valence-electron chi connectivity index (χ0n) is 8.17. The van der Waals surface area contributed by atoms with Crippen molar-refractivity contribution in [2.24, 2.45) is 5.11 Å². The van der Waals surface area contributed by atoms with Crippen LogP contribution < -0.4 is 5.73 Å². The Hall–Kier alpha value is -2.13. The van der Waals surface area contributed by atoms with E-state index in [-0.39, 0.29) is 5.75 Å². The second kappa shape index (κ2) is 5.57. The number of benzene rings is 1. The summed E-state index contributed by atoms with van der Waals surface area (Å²) in [7, 11) is 0. The zero-order chi connectivity index (χ0) is 11.1. The maximum atomic E-state index is 9.18. The van der Waals surface area contributed by atoms with Gasteiger partial charge in [0.25, 0.3) is 0 Å². The monoisotopic (exact) mass is 204 g/mol. The zero-order valence-corrected chi connectivity index (χ0v) is 8.17. The van der Waals surface area contributed by atoms with Crippen LogP contribution in [0.4, 0.5) is 5.69 Å². The molecule has 0 saturated carbocycles. The maximum absolute atomic E-state index is 9.18. The molecule has 0 aliphatic rings. The molecule has 78 valence electrons. The van der Waals surface area contributed by atoms with E-state index in [0.717, 1.165) is 5.56 Å². The number of hydrogen-bond acceptors (Lipinski definition) is 3. The molecule has 0 saturated heterocycles. The minimum Gasteiger partial charge on any atom is -0.506 e. The van der Waals surface area contributed by atoms with Crippen LogP contribution in [-0.4, -0.2) is 11.7 Å². The molecule has 5 nitrogen and oxygen atoms in total. The molecule has 0 heterocycles. The Balaban J connectivity index is 2.56. The fourth-order valence-corrected chi connectivity index (χ4v) is 1.07. The van der Waals surface area contributed by atoms with Gasteiger partial charge in [-0.15, -0.1) is 0 Å². The van der Waals surface area contributed by atoms with Crippen LogP contribution in [0.2, 0.25) is 0 Å². The van der Waals surface area contributed by atoms with Crippen LogP contribution >= 0.6 is 0 Å². The van der Waals surface area contributed by atoms with E-state index in [1.807, 2.05) is 12.2 Å².